The van der Waals surface area contributed by atoms with Crippen molar-refractivity contribution in [2.24, 2.45) is 0 Å². The first-order valence-corrected chi connectivity index (χ1v) is 10.1. The van der Waals surface area contributed by atoms with Gasteiger partial charge in [0, 0.05) is 36.5 Å². The molecule has 3 N–H and O–H groups in total. The van der Waals surface area contributed by atoms with Gasteiger partial charge in [-0.1, -0.05) is 0 Å². The molecule has 0 unspecified atom stereocenters. The van der Waals surface area contributed by atoms with Crippen molar-refractivity contribution in [2.45, 2.75) is 39.7 Å². The fraction of sp³-hybridized carbons (Fsp3) is 0.391. The van der Waals surface area contributed by atoms with Gasteiger partial charge in [0.15, 0.2) is 0 Å². The topological polar surface area (TPSA) is 80.1 Å². The number of aromatic nitrogens is 3. The lowest BCUT2D eigenvalue weighted by atomic mass is 9.96. The van der Waals surface area contributed by atoms with Crippen LogP contribution in [-0.2, 0) is 6.54 Å². The van der Waals surface area contributed by atoms with E-state index in [-0.39, 0.29) is 0 Å². The molecule has 3 heterocycles. The Morgan fingerprint density at radius 3 is 2.83 bits per heavy atom. The zero-order valence-corrected chi connectivity index (χ0v) is 17.6. The van der Waals surface area contributed by atoms with E-state index < -0.39 is 0 Å². The minimum absolute atomic E-state index is 0.432. The zero-order chi connectivity index (χ0) is 20.5. The third-order valence-corrected chi connectivity index (χ3v) is 6.25. The van der Waals surface area contributed by atoms with E-state index in [1.807, 2.05) is 18.3 Å². The van der Waals surface area contributed by atoms with Crippen LogP contribution >= 0.6 is 0 Å². The van der Waals surface area contributed by atoms with Gasteiger partial charge < -0.3 is 10.5 Å². The largest absolute Gasteiger partial charge is 0.496 e. The Morgan fingerprint density at radius 1 is 1.24 bits per heavy atom. The summed E-state index contributed by atoms with van der Waals surface area (Å²) in [7, 11) is 1.74. The summed E-state index contributed by atoms with van der Waals surface area (Å²) in [5.41, 5.74) is 14.5. The van der Waals surface area contributed by atoms with Gasteiger partial charge in [-0.25, -0.2) is 4.98 Å². The molecule has 0 amide bonds. The summed E-state index contributed by atoms with van der Waals surface area (Å²) in [4.78, 5) is 6.64. The van der Waals surface area contributed by atoms with Crippen molar-refractivity contribution in [3.8, 4) is 16.9 Å². The second-order valence-electron chi connectivity index (χ2n) is 8.01. The number of hydrogen-bond acceptors (Lipinski definition) is 5. The molecule has 1 saturated heterocycles. The van der Waals surface area contributed by atoms with E-state index in [0.29, 0.717) is 11.7 Å². The first kappa shape index (κ1) is 19.5. The number of anilines is 1. The summed E-state index contributed by atoms with van der Waals surface area (Å²) in [6.45, 7) is 9.57. The number of methoxy groups -OCH3 is 1. The summed E-state index contributed by atoms with van der Waals surface area (Å²) in [5.74, 6) is 1.94. The summed E-state index contributed by atoms with van der Waals surface area (Å²) >= 11 is 0. The van der Waals surface area contributed by atoms with Crippen LogP contribution in [0.1, 0.15) is 40.3 Å². The van der Waals surface area contributed by atoms with E-state index in [2.05, 4.69) is 46.9 Å². The van der Waals surface area contributed by atoms with E-state index in [0.717, 1.165) is 42.9 Å². The SMILES string of the molecule is COc1cc(C)c(CN2CC[C@@H](c3[nH]ncc3-c3ccnc(N)c3)C2)c(C)c1C. The molecule has 0 aliphatic carbocycles. The Labute approximate surface area is 172 Å². The quantitative estimate of drug-likeness (QED) is 0.688. The predicted octanol–water partition coefficient (Wildman–Crippen LogP) is 3.98. The molecule has 6 heteroatoms. The number of hydrogen-bond donors (Lipinski definition) is 2. The minimum atomic E-state index is 0.432. The van der Waals surface area contributed by atoms with Gasteiger partial charge in [0.25, 0.3) is 0 Å². The average Bonchev–Trinajstić information content (AvgIpc) is 3.37. The molecule has 0 saturated carbocycles. The monoisotopic (exact) mass is 391 g/mol. The Hall–Kier alpha value is -2.86. The zero-order valence-electron chi connectivity index (χ0n) is 17.6. The number of benzene rings is 1. The molecular weight excluding hydrogens is 362 g/mol. The number of likely N-dealkylation sites (tertiary alicyclic amines) is 1. The van der Waals surface area contributed by atoms with Crippen LogP contribution in [0.5, 0.6) is 5.75 Å². The van der Waals surface area contributed by atoms with Crippen LogP contribution in [0.15, 0.2) is 30.6 Å². The van der Waals surface area contributed by atoms with Gasteiger partial charge in [0.2, 0.25) is 0 Å². The van der Waals surface area contributed by atoms with Crippen LogP contribution in [0.3, 0.4) is 0 Å². The van der Waals surface area contributed by atoms with Gasteiger partial charge in [-0.05, 0) is 79.8 Å². The molecule has 1 fully saturated rings. The molecule has 2 aromatic heterocycles. The van der Waals surface area contributed by atoms with Crippen LogP contribution < -0.4 is 10.5 Å². The number of aromatic amines is 1. The maximum Gasteiger partial charge on any atom is 0.123 e. The number of nitrogens with two attached hydrogens (primary N) is 1. The van der Waals surface area contributed by atoms with Crippen molar-refractivity contribution in [2.75, 3.05) is 25.9 Å². The van der Waals surface area contributed by atoms with E-state index in [1.165, 1.54) is 27.9 Å². The Kier molecular flexibility index (Phi) is 5.28. The summed E-state index contributed by atoms with van der Waals surface area (Å²) in [6, 6.07) is 6.06. The molecule has 4 rings (SSSR count). The average molecular weight is 392 g/mol. The lowest BCUT2D eigenvalue weighted by Crippen LogP contribution is -2.21. The number of rotatable bonds is 5. The van der Waals surface area contributed by atoms with Gasteiger partial charge in [-0.15, -0.1) is 0 Å². The molecule has 152 valence electrons. The molecule has 1 aliphatic rings. The Balaban J connectivity index is 1.53. The van der Waals surface area contributed by atoms with E-state index in [9.17, 15) is 0 Å². The van der Waals surface area contributed by atoms with Gasteiger partial charge in [0.05, 0.1) is 13.3 Å². The van der Waals surface area contributed by atoms with Gasteiger partial charge in [-0.3, -0.25) is 10.00 Å². The van der Waals surface area contributed by atoms with Crippen LogP contribution in [0.25, 0.3) is 11.1 Å². The molecule has 0 radical (unpaired) electrons. The van der Waals surface area contributed by atoms with Crippen LogP contribution in [0, 0.1) is 20.8 Å². The van der Waals surface area contributed by atoms with Crippen molar-refractivity contribution in [3.63, 3.8) is 0 Å². The predicted molar refractivity (Wildman–Crippen MR) is 116 cm³/mol. The molecule has 6 nitrogen and oxygen atoms in total. The summed E-state index contributed by atoms with van der Waals surface area (Å²) in [5, 5.41) is 7.56. The third-order valence-electron chi connectivity index (χ3n) is 6.25. The maximum atomic E-state index is 5.88. The van der Waals surface area contributed by atoms with E-state index >= 15 is 0 Å². The molecule has 29 heavy (non-hydrogen) atoms. The maximum absolute atomic E-state index is 5.88. The van der Waals surface area contributed by atoms with Gasteiger partial charge in [0.1, 0.15) is 11.6 Å². The lowest BCUT2D eigenvalue weighted by molar-refractivity contribution is 0.324. The molecule has 3 aromatic rings. The smallest absolute Gasteiger partial charge is 0.123 e. The molecular formula is C23H29N5O. The van der Waals surface area contributed by atoms with Crippen LogP contribution in [0.2, 0.25) is 0 Å². The molecule has 1 aromatic carbocycles. The highest BCUT2D eigenvalue weighted by molar-refractivity contribution is 5.68. The van der Waals surface area contributed by atoms with Crippen molar-refractivity contribution >= 4 is 5.82 Å². The standard InChI is InChI=1S/C23H29N5O/c1-14-9-21(29-4)16(3)15(2)20(14)13-28-8-6-18(12-28)23-19(11-26-27-23)17-5-7-25-22(24)10-17/h5,7,9-11,18H,6,8,12-13H2,1-4H3,(H2,24,25)(H,26,27)/t18-/m1/s1. The number of H-pyrrole nitrogens is 1. The number of nitrogens with one attached hydrogen (secondary N) is 1. The second kappa shape index (κ2) is 7.87. The fourth-order valence-electron chi connectivity index (χ4n) is 4.44. The van der Waals surface area contributed by atoms with Crippen LogP contribution in [-0.4, -0.2) is 40.3 Å². The second-order valence-corrected chi connectivity index (χ2v) is 8.01. The van der Waals surface area contributed by atoms with Gasteiger partial charge >= 0.3 is 0 Å². The van der Waals surface area contributed by atoms with Crippen molar-refractivity contribution in [1.29, 1.82) is 0 Å². The number of ether oxygens (including phenoxy) is 1. The molecule has 1 aliphatic heterocycles. The first-order chi connectivity index (χ1) is 14.0. The number of nitrogen functional groups attached to an aromatic ring is 1. The normalized spacial score (nSPS) is 17.0. The number of pyridine rings is 1. The van der Waals surface area contributed by atoms with Crippen molar-refractivity contribution in [3.05, 3.63) is 58.5 Å². The fourth-order valence-corrected chi connectivity index (χ4v) is 4.44. The van der Waals surface area contributed by atoms with Crippen LogP contribution in [0.4, 0.5) is 5.82 Å². The molecule has 0 bridgehead atoms. The summed E-state index contributed by atoms with van der Waals surface area (Å²) in [6.07, 6.45) is 4.76. The molecule has 1 atom stereocenters. The van der Waals surface area contributed by atoms with Crippen molar-refractivity contribution in [1.82, 2.24) is 20.1 Å². The molecule has 0 spiro atoms. The third kappa shape index (κ3) is 3.72. The highest BCUT2D eigenvalue weighted by Crippen LogP contribution is 2.35. The minimum Gasteiger partial charge on any atom is -0.496 e. The Bertz CT molecular complexity index is 1030. The number of aryl methyl sites for hydroxylation is 1. The van der Waals surface area contributed by atoms with E-state index in [4.69, 9.17) is 10.5 Å². The lowest BCUT2D eigenvalue weighted by Gasteiger charge is -2.21. The number of nitrogens with zero attached hydrogens (tertiary/aromatic N) is 3. The van der Waals surface area contributed by atoms with E-state index in [1.54, 1.807) is 13.3 Å². The van der Waals surface area contributed by atoms with Gasteiger partial charge in [-0.2, -0.15) is 5.10 Å². The Morgan fingerprint density at radius 2 is 2.07 bits per heavy atom. The highest BCUT2D eigenvalue weighted by atomic mass is 16.5. The first-order valence-electron chi connectivity index (χ1n) is 10.1. The summed E-state index contributed by atoms with van der Waals surface area (Å²) < 4.78 is 5.52. The van der Waals surface area contributed by atoms with Crippen molar-refractivity contribution < 1.29 is 4.74 Å². The highest BCUT2D eigenvalue weighted by Gasteiger charge is 2.28.